The van der Waals surface area contributed by atoms with Crippen molar-refractivity contribution in [3.63, 3.8) is 0 Å². The van der Waals surface area contributed by atoms with Crippen LogP contribution in [0.4, 0.5) is 4.39 Å². The van der Waals surface area contributed by atoms with E-state index < -0.39 is 0 Å². The van der Waals surface area contributed by atoms with Crippen LogP contribution in [0.25, 0.3) is 39.3 Å². The van der Waals surface area contributed by atoms with Gasteiger partial charge in [0.1, 0.15) is 11.6 Å². The van der Waals surface area contributed by atoms with Crippen LogP contribution in [0.2, 0.25) is 0 Å². The summed E-state index contributed by atoms with van der Waals surface area (Å²) in [5, 5.41) is 0. The number of benzene rings is 4. The first-order valence-electron chi connectivity index (χ1n) is 14.1. The van der Waals surface area contributed by atoms with Gasteiger partial charge in [0, 0.05) is 11.8 Å². The molecule has 0 aliphatic heterocycles. The Labute approximate surface area is 232 Å². The average Bonchev–Trinajstić information content (AvgIpc) is 3.32. The molecule has 0 N–H and O–H groups in total. The van der Waals surface area contributed by atoms with Crippen molar-refractivity contribution in [3.8, 4) is 39.3 Å². The Kier molecular flexibility index (Phi) is 8.07. The quantitative estimate of drug-likeness (QED) is 0.178. The molecule has 0 aliphatic carbocycles. The van der Waals surface area contributed by atoms with Crippen molar-refractivity contribution >= 4 is 0 Å². The van der Waals surface area contributed by atoms with E-state index in [1.807, 2.05) is 25.1 Å². The summed E-state index contributed by atoms with van der Waals surface area (Å²) in [6.07, 6.45) is 8.42. The van der Waals surface area contributed by atoms with Crippen LogP contribution in [-0.4, -0.2) is 9.55 Å². The molecule has 198 valence electrons. The minimum Gasteiger partial charge on any atom is -0.299 e. The van der Waals surface area contributed by atoms with Gasteiger partial charge < -0.3 is 0 Å². The van der Waals surface area contributed by atoms with Crippen molar-refractivity contribution in [3.05, 3.63) is 119 Å². The normalized spacial score (nSPS) is 11.2. The van der Waals surface area contributed by atoms with Gasteiger partial charge in [-0.2, -0.15) is 0 Å². The van der Waals surface area contributed by atoms with Crippen molar-refractivity contribution < 1.29 is 4.39 Å². The molecule has 5 rings (SSSR count). The Morgan fingerprint density at radius 2 is 1.33 bits per heavy atom. The first-order valence-corrected chi connectivity index (χ1v) is 14.1. The predicted molar refractivity (Wildman–Crippen MR) is 162 cm³/mol. The molecule has 0 spiro atoms. The van der Waals surface area contributed by atoms with E-state index in [-0.39, 0.29) is 5.82 Å². The van der Waals surface area contributed by atoms with Crippen molar-refractivity contribution in [1.82, 2.24) is 9.55 Å². The Hall–Kier alpha value is -3.98. The highest BCUT2D eigenvalue weighted by atomic mass is 19.1. The van der Waals surface area contributed by atoms with E-state index in [4.69, 9.17) is 4.98 Å². The lowest BCUT2D eigenvalue weighted by molar-refractivity contribution is 0.628. The number of unbranched alkanes of at least 4 members (excludes halogenated alkanes) is 3. The molecule has 0 saturated heterocycles. The van der Waals surface area contributed by atoms with Gasteiger partial charge in [-0.1, -0.05) is 80.8 Å². The van der Waals surface area contributed by atoms with Crippen molar-refractivity contribution in [2.45, 2.75) is 59.8 Å². The number of rotatable bonds is 9. The molecule has 5 aromatic rings. The summed E-state index contributed by atoms with van der Waals surface area (Å²) in [6.45, 7) is 8.64. The number of aromatic nitrogens is 2. The lowest BCUT2D eigenvalue weighted by Crippen LogP contribution is -2.02. The van der Waals surface area contributed by atoms with Gasteiger partial charge in [0.15, 0.2) is 0 Å². The summed E-state index contributed by atoms with van der Waals surface area (Å²) < 4.78 is 16.1. The lowest BCUT2D eigenvalue weighted by atomic mass is 9.96. The van der Waals surface area contributed by atoms with Crippen molar-refractivity contribution in [2.24, 2.45) is 0 Å². The number of halogens is 1. The molecule has 1 aromatic heterocycles. The molecule has 0 bridgehead atoms. The Morgan fingerprint density at radius 1 is 0.667 bits per heavy atom. The Balaban J connectivity index is 1.46. The first kappa shape index (κ1) is 26.6. The van der Waals surface area contributed by atoms with E-state index in [1.165, 1.54) is 59.6 Å². The highest BCUT2D eigenvalue weighted by molar-refractivity contribution is 5.73. The van der Waals surface area contributed by atoms with Crippen molar-refractivity contribution in [2.75, 3.05) is 0 Å². The summed E-state index contributed by atoms with van der Waals surface area (Å²) in [6, 6.07) is 28.6. The molecule has 0 fully saturated rings. The largest absolute Gasteiger partial charge is 0.299 e. The van der Waals surface area contributed by atoms with Gasteiger partial charge in [0.05, 0.1) is 11.4 Å². The van der Waals surface area contributed by atoms with Crippen LogP contribution in [0.1, 0.15) is 55.0 Å². The minimum atomic E-state index is -0.233. The lowest BCUT2D eigenvalue weighted by Gasteiger charge is -2.17. The van der Waals surface area contributed by atoms with Gasteiger partial charge in [-0.25, -0.2) is 9.37 Å². The third-order valence-corrected chi connectivity index (χ3v) is 7.44. The summed E-state index contributed by atoms with van der Waals surface area (Å²) >= 11 is 0. The molecule has 0 unspecified atom stereocenters. The summed E-state index contributed by atoms with van der Waals surface area (Å²) in [5.41, 5.74) is 11.2. The molecule has 39 heavy (non-hydrogen) atoms. The fourth-order valence-corrected chi connectivity index (χ4v) is 5.50. The van der Waals surface area contributed by atoms with Gasteiger partial charge in [0.2, 0.25) is 0 Å². The van der Waals surface area contributed by atoms with Gasteiger partial charge in [-0.15, -0.1) is 0 Å². The molecule has 1 heterocycles. The molecule has 0 amide bonds. The number of nitrogens with zero attached hydrogens (tertiary/aromatic N) is 2. The molecular weight excluding hydrogens is 479 g/mol. The van der Waals surface area contributed by atoms with Gasteiger partial charge in [0.25, 0.3) is 0 Å². The van der Waals surface area contributed by atoms with Gasteiger partial charge in [-0.05, 0) is 103 Å². The fraction of sp³-hybridized carbons (Fsp3) is 0.250. The molecule has 3 heteroatoms. The molecule has 4 aromatic carbocycles. The zero-order chi connectivity index (χ0) is 27.4. The summed E-state index contributed by atoms with van der Waals surface area (Å²) in [7, 11) is 0. The maximum atomic E-state index is 13.9. The van der Waals surface area contributed by atoms with E-state index in [2.05, 4.69) is 80.1 Å². The van der Waals surface area contributed by atoms with E-state index in [1.54, 1.807) is 12.1 Å². The van der Waals surface area contributed by atoms with Gasteiger partial charge in [-0.3, -0.25) is 4.57 Å². The van der Waals surface area contributed by atoms with Crippen LogP contribution in [0.15, 0.2) is 91.1 Å². The van der Waals surface area contributed by atoms with Crippen LogP contribution in [0, 0.1) is 26.6 Å². The number of imidazole rings is 1. The summed E-state index contributed by atoms with van der Waals surface area (Å²) in [5.74, 6) is 0.653. The maximum absolute atomic E-state index is 13.9. The zero-order valence-electron chi connectivity index (χ0n) is 23.5. The second-order valence-corrected chi connectivity index (χ2v) is 10.6. The number of aryl methyl sites for hydroxylation is 4. The summed E-state index contributed by atoms with van der Waals surface area (Å²) in [4.78, 5) is 4.91. The van der Waals surface area contributed by atoms with E-state index in [9.17, 15) is 4.39 Å². The van der Waals surface area contributed by atoms with Crippen LogP contribution in [0.3, 0.4) is 0 Å². The third-order valence-electron chi connectivity index (χ3n) is 7.44. The average molecular weight is 517 g/mol. The highest BCUT2D eigenvalue weighted by Gasteiger charge is 2.16. The first-order chi connectivity index (χ1) is 18.9. The zero-order valence-corrected chi connectivity index (χ0v) is 23.5. The minimum absolute atomic E-state index is 0.233. The SMILES string of the molecule is CCCCCCc1ccc(-c2cc(C)c(-n3cc(C)nc3-c3cccc(-c4cccc(F)c4)c3)c(C)c2)cc1. The van der Waals surface area contributed by atoms with Crippen LogP contribution in [-0.2, 0) is 6.42 Å². The molecule has 0 radical (unpaired) electrons. The molecule has 2 nitrogen and oxygen atoms in total. The third kappa shape index (κ3) is 6.04. The molecule has 0 aliphatic rings. The molecular formula is C36H37FN2. The number of hydrogen-bond acceptors (Lipinski definition) is 1. The second-order valence-electron chi connectivity index (χ2n) is 10.6. The smallest absolute Gasteiger partial charge is 0.144 e. The molecule has 0 saturated carbocycles. The number of hydrogen-bond donors (Lipinski definition) is 0. The van der Waals surface area contributed by atoms with E-state index in [0.717, 1.165) is 40.3 Å². The Bertz CT molecular complexity index is 1550. The van der Waals surface area contributed by atoms with E-state index >= 15 is 0 Å². The fourth-order valence-electron chi connectivity index (χ4n) is 5.50. The highest BCUT2D eigenvalue weighted by Crippen LogP contribution is 2.33. The van der Waals surface area contributed by atoms with Crippen molar-refractivity contribution in [1.29, 1.82) is 0 Å². The molecule has 0 atom stereocenters. The predicted octanol–water partition coefficient (Wildman–Crippen LogP) is 10.1. The van der Waals surface area contributed by atoms with E-state index in [0.29, 0.717) is 0 Å². The van der Waals surface area contributed by atoms with Crippen LogP contribution < -0.4 is 0 Å². The second kappa shape index (κ2) is 11.8. The monoisotopic (exact) mass is 516 g/mol. The van der Waals surface area contributed by atoms with Gasteiger partial charge >= 0.3 is 0 Å². The Morgan fingerprint density at radius 3 is 2.03 bits per heavy atom. The topological polar surface area (TPSA) is 17.8 Å². The van der Waals surface area contributed by atoms with Crippen LogP contribution >= 0.6 is 0 Å². The maximum Gasteiger partial charge on any atom is 0.144 e. The van der Waals surface area contributed by atoms with Crippen LogP contribution in [0.5, 0.6) is 0 Å². The standard InChI is InChI=1S/C36H37FN2/c1-5-6-7-8-11-28-16-18-29(19-17-28)33-20-25(2)35(26(3)21-33)39-24-27(4)38-36(39)32-14-9-12-30(22-32)31-13-10-15-34(37)23-31/h9-10,12-24H,5-8,11H2,1-4H3.